The van der Waals surface area contributed by atoms with Crippen molar-refractivity contribution in [2.24, 2.45) is 0 Å². The van der Waals surface area contributed by atoms with Gasteiger partial charge in [-0.1, -0.05) is 12.6 Å². The lowest BCUT2D eigenvalue weighted by atomic mass is 10.0. The minimum Gasteiger partial charge on any atom is -0.366 e. The Balaban J connectivity index is 1.24. The topological polar surface area (TPSA) is 91.6 Å². The van der Waals surface area contributed by atoms with Gasteiger partial charge >= 0.3 is 0 Å². The number of amides is 1. The third kappa shape index (κ3) is 4.76. The standard InChI is InChI=1S/C29H27FN8O/c1-3-26(39)37-12-10-36(11-13-37)24-7-6-23-27(28(24)30)29(33-17-31-23)35-22-5-4-21(19(2)14-22)15-20-8-9-38-25(16-20)32-18-34-38/h3-9,14,16-18H,1,10-13,15H2,2H3,(H,31,33,35). The molecule has 1 amide bonds. The van der Waals surface area contributed by atoms with Crippen molar-refractivity contribution in [2.45, 2.75) is 13.3 Å². The highest BCUT2D eigenvalue weighted by Crippen LogP contribution is 2.32. The van der Waals surface area contributed by atoms with E-state index >= 15 is 4.39 Å². The molecule has 0 atom stereocenters. The molecule has 9 nitrogen and oxygen atoms in total. The molecule has 196 valence electrons. The van der Waals surface area contributed by atoms with Crippen LogP contribution in [-0.2, 0) is 11.2 Å². The number of rotatable bonds is 6. The summed E-state index contributed by atoms with van der Waals surface area (Å²) in [6.45, 7) is 7.69. The Morgan fingerprint density at radius 3 is 2.69 bits per heavy atom. The lowest BCUT2D eigenvalue weighted by molar-refractivity contribution is -0.126. The third-order valence-electron chi connectivity index (χ3n) is 7.17. The van der Waals surface area contributed by atoms with Crippen molar-refractivity contribution in [2.75, 3.05) is 36.4 Å². The zero-order valence-electron chi connectivity index (χ0n) is 21.5. The number of hydrogen-bond acceptors (Lipinski definition) is 7. The Bertz CT molecular complexity index is 1710. The maximum absolute atomic E-state index is 15.9. The summed E-state index contributed by atoms with van der Waals surface area (Å²) in [5, 5.41) is 7.79. The van der Waals surface area contributed by atoms with Crippen LogP contribution < -0.4 is 10.2 Å². The van der Waals surface area contributed by atoms with E-state index in [2.05, 4.69) is 44.9 Å². The van der Waals surface area contributed by atoms with Crippen molar-refractivity contribution in [3.05, 3.63) is 96.5 Å². The fourth-order valence-electron chi connectivity index (χ4n) is 5.03. The van der Waals surface area contributed by atoms with E-state index in [0.717, 1.165) is 28.9 Å². The predicted octanol–water partition coefficient (Wildman–Crippen LogP) is 4.29. The van der Waals surface area contributed by atoms with Crippen LogP contribution in [0.5, 0.6) is 0 Å². The van der Waals surface area contributed by atoms with Gasteiger partial charge in [-0.05, 0) is 72.5 Å². The molecule has 1 fully saturated rings. The molecule has 4 heterocycles. The molecule has 0 aliphatic carbocycles. The number of anilines is 3. The summed E-state index contributed by atoms with van der Waals surface area (Å²) in [7, 11) is 0. The van der Waals surface area contributed by atoms with Crippen molar-refractivity contribution < 1.29 is 9.18 Å². The van der Waals surface area contributed by atoms with Crippen LogP contribution in [0.2, 0.25) is 0 Å². The molecule has 1 saturated heterocycles. The summed E-state index contributed by atoms with van der Waals surface area (Å²) in [5.74, 6) is -0.0771. The van der Waals surface area contributed by atoms with Crippen LogP contribution in [0, 0.1) is 12.7 Å². The Hall–Kier alpha value is -4.86. The molecule has 0 unspecified atom stereocenters. The molecule has 39 heavy (non-hydrogen) atoms. The van der Waals surface area contributed by atoms with Gasteiger partial charge in [0.1, 0.15) is 18.5 Å². The number of fused-ring (bicyclic) bond motifs is 2. The minimum atomic E-state index is -0.378. The predicted molar refractivity (Wildman–Crippen MR) is 149 cm³/mol. The van der Waals surface area contributed by atoms with E-state index in [9.17, 15) is 4.79 Å². The number of pyridine rings is 1. The highest BCUT2D eigenvalue weighted by Gasteiger charge is 2.23. The average molecular weight is 523 g/mol. The maximum atomic E-state index is 15.9. The summed E-state index contributed by atoms with van der Waals surface area (Å²) >= 11 is 0. The molecule has 5 aromatic rings. The summed E-state index contributed by atoms with van der Waals surface area (Å²) in [6, 6.07) is 13.7. The normalized spacial score (nSPS) is 13.7. The fraction of sp³-hybridized carbons (Fsp3) is 0.207. The SMILES string of the molecule is C=CC(=O)N1CCN(c2ccc3ncnc(Nc4ccc(Cc5ccn6ncnc6c5)c(C)c4)c3c2F)CC1. The molecule has 3 aromatic heterocycles. The van der Waals surface area contributed by atoms with Crippen molar-refractivity contribution >= 4 is 39.6 Å². The molecule has 0 saturated carbocycles. The highest BCUT2D eigenvalue weighted by atomic mass is 19.1. The van der Waals surface area contributed by atoms with E-state index in [1.165, 1.54) is 18.0 Å². The molecular formula is C29H27FN8O. The monoisotopic (exact) mass is 522 g/mol. The van der Waals surface area contributed by atoms with Gasteiger partial charge in [0.2, 0.25) is 5.91 Å². The average Bonchev–Trinajstić information content (AvgIpc) is 3.43. The van der Waals surface area contributed by atoms with Crippen LogP contribution in [-0.4, -0.2) is 61.6 Å². The Morgan fingerprint density at radius 1 is 1.05 bits per heavy atom. The zero-order chi connectivity index (χ0) is 26.9. The van der Waals surface area contributed by atoms with Crippen LogP contribution in [0.3, 0.4) is 0 Å². The molecule has 10 heteroatoms. The van der Waals surface area contributed by atoms with Crippen molar-refractivity contribution in [3.63, 3.8) is 0 Å². The molecule has 1 aliphatic rings. The summed E-state index contributed by atoms with van der Waals surface area (Å²) in [6.07, 6.45) is 6.96. The Morgan fingerprint density at radius 2 is 1.90 bits per heavy atom. The number of carbonyl (C=O) groups excluding carboxylic acids is 1. The largest absolute Gasteiger partial charge is 0.366 e. The van der Waals surface area contributed by atoms with Gasteiger partial charge < -0.3 is 15.1 Å². The molecule has 0 spiro atoms. The van der Waals surface area contributed by atoms with Crippen molar-refractivity contribution in [1.29, 1.82) is 0 Å². The van der Waals surface area contributed by atoms with Gasteiger partial charge in [0.25, 0.3) is 0 Å². The first-order valence-corrected chi connectivity index (χ1v) is 12.7. The van der Waals surface area contributed by atoms with Crippen molar-refractivity contribution in [3.8, 4) is 0 Å². The first-order chi connectivity index (χ1) is 19.0. The maximum Gasteiger partial charge on any atom is 0.246 e. The van der Waals surface area contributed by atoms with E-state index < -0.39 is 0 Å². The summed E-state index contributed by atoms with van der Waals surface area (Å²) < 4.78 is 17.7. The van der Waals surface area contributed by atoms with Gasteiger partial charge in [0.15, 0.2) is 11.5 Å². The van der Waals surface area contributed by atoms with Crippen molar-refractivity contribution in [1.82, 2.24) is 29.5 Å². The van der Waals surface area contributed by atoms with Gasteiger partial charge in [0.05, 0.1) is 16.6 Å². The van der Waals surface area contributed by atoms with E-state index in [1.54, 1.807) is 21.8 Å². The van der Waals surface area contributed by atoms with Gasteiger partial charge in [-0.25, -0.2) is 23.9 Å². The number of nitrogens with zero attached hydrogens (tertiary/aromatic N) is 7. The van der Waals surface area contributed by atoms with E-state index in [-0.39, 0.29) is 11.7 Å². The first kappa shape index (κ1) is 24.5. The third-order valence-corrected chi connectivity index (χ3v) is 7.17. The number of benzene rings is 2. The van der Waals surface area contributed by atoms with E-state index in [1.807, 2.05) is 41.4 Å². The minimum absolute atomic E-state index is 0.105. The fourth-order valence-corrected chi connectivity index (χ4v) is 5.03. The molecule has 0 radical (unpaired) electrons. The quantitative estimate of drug-likeness (QED) is 0.333. The lowest BCUT2D eigenvalue weighted by Crippen LogP contribution is -2.48. The van der Waals surface area contributed by atoms with Crippen LogP contribution in [0.4, 0.5) is 21.6 Å². The smallest absolute Gasteiger partial charge is 0.246 e. The van der Waals surface area contributed by atoms with E-state index in [4.69, 9.17) is 0 Å². The number of carbonyl (C=O) groups is 1. The number of hydrogen-bond donors (Lipinski definition) is 1. The van der Waals surface area contributed by atoms with Gasteiger partial charge in [-0.2, -0.15) is 5.10 Å². The van der Waals surface area contributed by atoms with Crippen LogP contribution in [0.25, 0.3) is 16.6 Å². The molecule has 0 bridgehead atoms. The molecule has 2 aromatic carbocycles. The Labute approximate surface area is 224 Å². The van der Waals surface area contributed by atoms with Gasteiger partial charge in [-0.15, -0.1) is 0 Å². The Kier molecular flexibility index (Phi) is 6.36. The van der Waals surface area contributed by atoms with Crippen LogP contribution in [0.1, 0.15) is 16.7 Å². The molecule has 6 rings (SSSR count). The lowest BCUT2D eigenvalue weighted by Gasteiger charge is -2.35. The summed E-state index contributed by atoms with van der Waals surface area (Å²) in [5.41, 5.74) is 6.05. The molecular weight excluding hydrogens is 495 g/mol. The second kappa shape index (κ2) is 10.1. The zero-order valence-corrected chi connectivity index (χ0v) is 21.5. The van der Waals surface area contributed by atoms with E-state index in [0.29, 0.717) is 48.6 Å². The van der Waals surface area contributed by atoms with Gasteiger partial charge in [0, 0.05) is 38.1 Å². The highest BCUT2D eigenvalue weighted by molar-refractivity contribution is 5.94. The summed E-state index contributed by atoms with van der Waals surface area (Å²) in [4.78, 5) is 28.5. The number of aryl methyl sites for hydroxylation is 1. The second-order valence-electron chi connectivity index (χ2n) is 9.57. The number of nitrogens with one attached hydrogen (secondary N) is 1. The molecule has 1 aliphatic heterocycles. The van der Waals surface area contributed by atoms with Gasteiger partial charge in [-0.3, -0.25) is 4.79 Å². The number of halogens is 1. The number of aromatic nitrogens is 5. The van der Waals surface area contributed by atoms with Crippen LogP contribution in [0.15, 0.2) is 74.0 Å². The van der Waals surface area contributed by atoms with Crippen LogP contribution >= 0.6 is 0 Å². The molecule has 1 N–H and O–H groups in total. The first-order valence-electron chi connectivity index (χ1n) is 12.7. The second-order valence-corrected chi connectivity index (χ2v) is 9.57. The number of piperazine rings is 1.